The Bertz CT molecular complexity index is 113. The first-order valence-corrected chi connectivity index (χ1v) is 6.01. The van der Waals surface area contributed by atoms with Crippen LogP contribution in [0.5, 0.6) is 0 Å². The molecule has 0 N–H and O–H groups in total. The summed E-state index contributed by atoms with van der Waals surface area (Å²) in [5, 5.41) is 0. The predicted octanol–water partition coefficient (Wildman–Crippen LogP) is 4.95. The molecule has 0 heterocycles. The third-order valence-corrected chi connectivity index (χ3v) is 2.59. The minimum Gasteiger partial charge on any atom is -0.0883 e. The first kappa shape index (κ1) is 12.7. The summed E-state index contributed by atoms with van der Waals surface area (Å²) >= 11 is 0. The molecule has 0 aliphatic heterocycles. The molecule has 0 nitrogen and oxygen atoms in total. The Hall–Kier alpha value is -0.260. The third kappa shape index (κ3) is 8.08. The molecule has 0 bridgehead atoms. The van der Waals surface area contributed by atoms with Crippen LogP contribution in [0.15, 0.2) is 12.2 Å². The molecule has 78 valence electrons. The van der Waals surface area contributed by atoms with Gasteiger partial charge in [0.15, 0.2) is 0 Å². The van der Waals surface area contributed by atoms with Crippen LogP contribution in [0.1, 0.15) is 65.7 Å². The number of rotatable bonds is 8. The quantitative estimate of drug-likeness (QED) is 0.368. The van der Waals surface area contributed by atoms with Gasteiger partial charge < -0.3 is 0 Å². The van der Waals surface area contributed by atoms with Crippen molar-refractivity contribution < 1.29 is 0 Å². The van der Waals surface area contributed by atoms with Crippen molar-refractivity contribution in [3.63, 3.8) is 0 Å². The minimum absolute atomic E-state index is 0.844. The standard InChI is InChI=1S/C13H26/c1-4-7-9-10-12-13(6-3)11-8-5-2/h10,12-13H,4-9,11H2,1-3H3. The molecule has 0 aromatic heterocycles. The molecule has 0 rings (SSSR count). The highest BCUT2D eigenvalue weighted by Gasteiger charge is 1.99. The zero-order valence-electron chi connectivity index (χ0n) is 9.68. The SMILES string of the molecule is CCCCC=CC(CC)CCCC. The monoisotopic (exact) mass is 182 g/mol. The van der Waals surface area contributed by atoms with Crippen molar-refractivity contribution in [3.8, 4) is 0 Å². The molecule has 1 unspecified atom stereocenters. The van der Waals surface area contributed by atoms with Crippen molar-refractivity contribution in [2.75, 3.05) is 0 Å². The van der Waals surface area contributed by atoms with Crippen LogP contribution in [0.3, 0.4) is 0 Å². The minimum atomic E-state index is 0.844. The number of allylic oxidation sites excluding steroid dienone is 2. The zero-order valence-corrected chi connectivity index (χ0v) is 9.68. The number of hydrogen-bond donors (Lipinski definition) is 0. The second-order valence-electron chi connectivity index (χ2n) is 3.88. The van der Waals surface area contributed by atoms with E-state index in [-0.39, 0.29) is 0 Å². The molecule has 0 saturated heterocycles. The lowest BCUT2D eigenvalue weighted by atomic mass is 9.98. The second kappa shape index (κ2) is 9.83. The zero-order chi connectivity index (χ0) is 9.94. The maximum absolute atomic E-state index is 2.44. The Morgan fingerprint density at radius 2 is 1.69 bits per heavy atom. The normalized spacial score (nSPS) is 13.8. The molecular weight excluding hydrogens is 156 g/mol. The lowest BCUT2D eigenvalue weighted by Gasteiger charge is -2.08. The van der Waals surface area contributed by atoms with Gasteiger partial charge >= 0.3 is 0 Å². The molecule has 1 atom stereocenters. The van der Waals surface area contributed by atoms with Gasteiger partial charge in [-0.25, -0.2) is 0 Å². The second-order valence-corrected chi connectivity index (χ2v) is 3.88. The fourth-order valence-electron chi connectivity index (χ4n) is 1.51. The van der Waals surface area contributed by atoms with Crippen LogP contribution in [-0.4, -0.2) is 0 Å². The van der Waals surface area contributed by atoms with Crippen LogP contribution in [0.2, 0.25) is 0 Å². The van der Waals surface area contributed by atoms with Gasteiger partial charge in [0, 0.05) is 0 Å². The molecule has 0 aliphatic carbocycles. The summed E-state index contributed by atoms with van der Waals surface area (Å²) in [5.74, 6) is 0.844. The predicted molar refractivity (Wildman–Crippen MR) is 62.0 cm³/mol. The van der Waals surface area contributed by atoms with Gasteiger partial charge in [0.05, 0.1) is 0 Å². The van der Waals surface area contributed by atoms with E-state index in [9.17, 15) is 0 Å². The summed E-state index contributed by atoms with van der Waals surface area (Å²) in [6.45, 7) is 6.82. The Labute approximate surface area is 84.4 Å². The third-order valence-electron chi connectivity index (χ3n) is 2.59. The van der Waals surface area contributed by atoms with Crippen LogP contribution in [0, 0.1) is 5.92 Å². The average Bonchev–Trinajstić information content (AvgIpc) is 2.17. The molecule has 0 amide bonds. The summed E-state index contributed by atoms with van der Waals surface area (Å²) in [5.41, 5.74) is 0. The summed E-state index contributed by atoms with van der Waals surface area (Å²) in [4.78, 5) is 0. The molecule has 0 aromatic carbocycles. The smallest absolute Gasteiger partial charge is 0.0236 e. The van der Waals surface area contributed by atoms with E-state index >= 15 is 0 Å². The number of unbranched alkanes of at least 4 members (excludes halogenated alkanes) is 3. The van der Waals surface area contributed by atoms with E-state index < -0.39 is 0 Å². The van der Waals surface area contributed by atoms with Crippen LogP contribution >= 0.6 is 0 Å². The summed E-state index contributed by atoms with van der Waals surface area (Å²) in [7, 11) is 0. The lowest BCUT2D eigenvalue weighted by Crippen LogP contribution is -1.93. The van der Waals surface area contributed by atoms with Gasteiger partial charge in [-0.05, 0) is 25.2 Å². The van der Waals surface area contributed by atoms with Crippen molar-refractivity contribution in [1.29, 1.82) is 0 Å². The first-order valence-electron chi connectivity index (χ1n) is 6.01. The molecule has 0 fully saturated rings. The molecule has 0 aliphatic rings. The fourth-order valence-corrected chi connectivity index (χ4v) is 1.51. The summed E-state index contributed by atoms with van der Waals surface area (Å²) in [6.07, 6.45) is 14.2. The van der Waals surface area contributed by atoms with Crippen LogP contribution in [-0.2, 0) is 0 Å². The van der Waals surface area contributed by atoms with E-state index in [0.29, 0.717) is 0 Å². The van der Waals surface area contributed by atoms with E-state index in [1.165, 1.54) is 44.9 Å². The molecule has 0 spiro atoms. The average molecular weight is 182 g/mol. The van der Waals surface area contributed by atoms with E-state index in [2.05, 4.69) is 32.9 Å². The van der Waals surface area contributed by atoms with Crippen LogP contribution in [0.4, 0.5) is 0 Å². The van der Waals surface area contributed by atoms with Gasteiger partial charge in [0.25, 0.3) is 0 Å². The Morgan fingerprint density at radius 1 is 1.00 bits per heavy atom. The molecule has 0 radical (unpaired) electrons. The Morgan fingerprint density at radius 3 is 2.23 bits per heavy atom. The van der Waals surface area contributed by atoms with Crippen LogP contribution in [0.25, 0.3) is 0 Å². The van der Waals surface area contributed by atoms with Crippen molar-refractivity contribution in [1.82, 2.24) is 0 Å². The largest absolute Gasteiger partial charge is 0.0883 e. The van der Waals surface area contributed by atoms with E-state index in [1.54, 1.807) is 0 Å². The van der Waals surface area contributed by atoms with Gasteiger partial charge in [0.1, 0.15) is 0 Å². The van der Waals surface area contributed by atoms with E-state index in [4.69, 9.17) is 0 Å². The van der Waals surface area contributed by atoms with E-state index in [1.807, 2.05) is 0 Å². The summed E-state index contributed by atoms with van der Waals surface area (Å²) < 4.78 is 0. The fraction of sp³-hybridized carbons (Fsp3) is 0.846. The Balaban J connectivity index is 3.50. The highest BCUT2D eigenvalue weighted by atomic mass is 14.0. The molecule has 0 heteroatoms. The molecule has 0 saturated carbocycles. The maximum Gasteiger partial charge on any atom is -0.0236 e. The van der Waals surface area contributed by atoms with E-state index in [0.717, 1.165) is 5.92 Å². The van der Waals surface area contributed by atoms with Crippen molar-refractivity contribution in [2.45, 2.75) is 65.7 Å². The van der Waals surface area contributed by atoms with Crippen LogP contribution < -0.4 is 0 Å². The highest BCUT2D eigenvalue weighted by molar-refractivity contribution is 4.87. The Kier molecular flexibility index (Phi) is 9.63. The van der Waals surface area contributed by atoms with Crippen molar-refractivity contribution in [2.24, 2.45) is 5.92 Å². The molecular formula is C13H26. The van der Waals surface area contributed by atoms with Gasteiger partial charge in [-0.15, -0.1) is 0 Å². The highest BCUT2D eigenvalue weighted by Crippen LogP contribution is 2.14. The lowest BCUT2D eigenvalue weighted by molar-refractivity contribution is 0.538. The molecule has 0 aromatic rings. The van der Waals surface area contributed by atoms with Gasteiger partial charge in [-0.2, -0.15) is 0 Å². The molecule has 13 heavy (non-hydrogen) atoms. The maximum atomic E-state index is 2.44. The van der Waals surface area contributed by atoms with Crippen molar-refractivity contribution in [3.05, 3.63) is 12.2 Å². The van der Waals surface area contributed by atoms with Gasteiger partial charge in [-0.3, -0.25) is 0 Å². The number of hydrogen-bond acceptors (Lipinski definition) is 0. The topological polar surface area (TPSA) is 0 Å². The summed E-state index contributed by atoms with van der Waals surface area (Å²) in [6, 6.07) is 0. The first-order chi connectivity index (χ1) is 6.35. The van der Waals surface area contributed by atoms with Gasteiger partial charge in [0.2, 0.25) is 0 Å². The van der Waals surface area contributed by atoms with Crippen molar-refractivity contribution >= 4 is 0 Å². The van der Waals surface area contributed by atoms with Gasteiger partial charge in [-0.1, -0.05) is 58.6 Å².